The number of halogens is 1. The van der Waals surface area contributed by atoms with E-state index in [0.29, 0.717) is 6.04 Å². The lowest BCUT2D eigenvalue weighted by atomic mass is 10.1. The van der Waals surface area contributed by atoms with Gasteiger partial charge in [0, 0.05) is 12.1 Å². The van der Waals surface area contributed by atoms with Crippen molar-refractivity contribution in [3.05, 3.63) is 23.2 Å². The van der Waals surface area contributed by atoms with Crippen LogP contribution in [-0.2, 0) is 0 Å². The molecule has 0 fully saturated rings. The van der Waals surface area contributed by atoms with Gasteiger partial charge in [-0.3, -0.25) is 0 Å². The summed E-state index contributed by atoms with van der Waals surface area (Å²) in [5.41, 5.74) is 6.60. The second-order valence-electron chi connectivity index (χ2n) is 4.12. The molecule has 0 radical (unpaired) electrons. The van der Waals surface area contributed by atoms with Crippen molar-refractivity contribution in [3.63, 3.8) is 0 Å². The SMILES string of the molecule is CN1c2cc(Cl)ccc2OCC1CCCN. The van der Waals surface area contributed by atoms with Crippen molar-refractivity contribution in [1.29, 1.82) is 0 Å². The Labute approximate surface area is 101 Å². The molecule has 0 saturated heterocycles. The topological polar surface area (TPSA) is 38.5 Å². The molecule has 1 aliphatic heterocycles. The third-order valence-electron chi connectivity index (χ3n) is 3.02. The van der Waals surface area contributed by atoms with Gasteiger partial charge in [-0.1, -0.05) is 11.6 Å². The first-order chi connectivity index (χ1) is 7.72. The molecule has 0 saturated carbocycles. The molecule has 0 aromatic heterocycles. The Bertz CT molecular complexity index is 370. The Morgan fingerprint density at radius 3 is 3.12 bits per heavy atom. The summed E-state index contributed by atoms with van der Waals surface area (Å²) in [6.45, 7) is 1.46. The Morgan fingerprint density at radius 1 is 1.56 bits per heavy atom. The number of nitrogens with zero attached hydrogens (tertiary/aromatic N) is 1. The highest BCUT2D eigenvalue weighted by Gasteiger charge is 2.24. The molecule has 1 aliphatic rings. The third-order valence-corrected chi connectivity index (χ3v) is 3.26. The molecule has 1 aromatic rings. The standard InChI is InChI=1S/C12H17ClN2O/c1-15-10(3-2-6-14)8-16-12-5-4-9(13)7-11(12)15/h4-5,7,10H,2-3,6,8,14H2,1H3. The lowest BCUT2D eigenvalue weighted by molar-refractivity contribution is 0.258. The Morgan fingerprint density at radius 2 is 2.38 bits per heavy atom. The second-order valence-corrected chi connectivity index (χ2v) is 4.56. The quantitative estimate of drug-likeness (QED) is 0.881. The smallest absolute Gasteiger partial charge is 0.142 e. The van der Waals surface area contributed by atoms with E-state index in [1.54, 1.807) is 0 Å². The van der Waals surface area contributed by atoms with Crippen LogP contribution >= 0.6 is 11.6 Å². The molecule has 2 rings (SSSR count). The number of likely N-dealkylation sites (N-methyl/N-ethyl adjacent to an activating group) is 1. The van der Waals surface area contributed by atoms with Gasteiger partial charge in [0.2, 0.25) is 0 Å². The lowest BCUT2D eigenvalue weighted by Gasteiger charge is -2.36. The van der Waals surface area contributed by atoms with Crippen LogP contribution in [-0.4, -0.2) is 26.2 Å². The molecular weight excluding hydrogens is 224 g/mol. The molecule has 4 heteroatoms. The van der Waals surface area contributed by atoms with Crippen LogP contribution in [0.2, 0.25) is 5.02 Å². The summed E-state index contributed by atoms with van der Waals surface area (Å²) in [6.07, 6.45) is 2.08. The van der Waals surface area contributed by atoms with Crippen molar-refractivity contribution in [2.45, 2.75) is 18.9 Å². The summed E-state index contributed by atoms with van der Waals surface area (Å²) < 4.78 is 5.72. The molecule has 0 spiro atoms. The van der Waals surface area contributed by atoms with E-state index in [9.17, 15) is 0 Å². The van der Waals surface area contributed by atoms with E-state index in [1.807, 2.05) is 18.2 Å². The zero-order valence-corrected chi connectivity index (χ0v) is 10.2. The van der Waals surface area contributed by atoms with E-state index in [-0.39, 0.29) is 0 Å². The average molecular weight is 241 g/mol. The molecule has 0 amide bonds. The predicted octanol–water partition coefficient (Wildman–Crippen LogP) is 2.28. The van der Waals surface area contributed by atoms with Crippen molar-refractivity contribution in [1.82, 2.24) is 0 Å². The summed E-state index contributed by atoms with van der Waals surface area (Å²) in [5, 5.41) is 0.744. The monoisotopic (exact) mass is 240 g/mol. The second kappa shape index (κ2) is 4.93. The van der Waals surface area contributed by atoms with Crippen LogP contribution < -0.4 is 15.4 Å². The van der Waals surface area contributed by atoms with Crippen LogP contribution in [0.3, 0.4) is 0 Å². The van der Waals surface area contributed by atoms with Gasteiger partial charge in [0.25, 0.3) is 0 Å². The van der Waals surface area contributed by atoms with Crippen LogP contribution in [0.25, 0.3) is 0 Å². The van der Waals surface area contributed by atoms with Gasteiger partial charge < -0.3 is 15.4 Å². The van der Waals surface area contributed by atoms with Crippen LogP contribution in [0.5, 0.6) is 5.75 Å². The van der Waals surface area contributed by atoms with Crippen molar-refractivity contribution >= 4 is 17.3 Å². The fourth-order valence-electron chi connectivity index (χ4n) is 2.01. The number of fused-ring (bicyclic) bond motifs is 1. The maximum absolute atomic E-state index is 5.99. The largest absolute Gasteiger partial charge is 0.489 e. The van der Waals surface area contributed by atoms with E-state index in [2.05, 4.69) is 11.9 Å². The molecule has 88 valence electrons. The van der Waals surface area contributed by atoms with Crippen LogP contribution in [0.15, 0.2) is 18.2 Å². The van der Waals surface area contributed by atoms with Gasteiger partial charge in [-0.05, 0) is 37.6 Å². The number of benzene rings is 1. The zero-order chi connectivity index (χ0) is 11.5. The third kappa shape index (κ3) is 2.25. The van der Waals surface area contributed by atoms with E-state index in [0.717, 1.165) is 42.5 Å². The molecule has 1 atom stereocenters. The van der Waals surface area contributed by atoms with Gasteiger partial charge in [0.1, 0.15) is 12.4 Å². The van der Waals surface area contributed by atoms with E-state index in [1.165, 1.54) is 0 Å². The van der Waals surface area contributed by atoms with Gasteiger partial charge in [0.15, 0.2) is 0 Å². The summed E-state index contributed by atoms with van der Waals surface area (Å²) in [7, 11) is 2.08. The summed E-state index contributed by atoms with van der Waals surface area (Å²) in [4.78, 5) is 2.24. The van der Waals surface area contributed by atoms with Gasteiger partial charge in [-0.15, -0.1) is 0 Å². The van der Waals surface area contributed by atoms with Crippen molar-refractivity contribution in [3.8, 4) is 5.75 Å². The van der Waals surface area contributed by atoms with Crippen molar-refractivity contribution in [2.75, 3.05) is 25.1 Å². The number of hydrogen-bond donors (Lipinski definition) is 1. The fraction of sp³-hybridized carbons (Fsp3) is 0.500. The minimum absolute atomic E-state index is 0.398. The summed E-state index contributed by atoms with van der Waals surface area (Å²) >= 11 is 5.99. The minimum atomic E-state index is 0.398. The molecular formula is C12H17ClN2O. The highest BCUT2D eigenvalue weighted by Crippen LogP contribution is 2.35. The molecule has 1 aromatic carbocycles. The Kier molecular flexibility index (Phi) is 3.56. The Balaban J connectivity index is 2.17. The van der Waals surface area contributed by atoms with Crippen LogP contribution in [0, 0.1) is 0 Å². The molecule has 16 heavy (non-hydrogen) atoms. The number of nitrogens with two attached hydrogens (primary N) is 1. The minimum Gasteiger partial charge on any atom is -0.489 e. The van der Waals surface area contributed by atoms with E-state index in [4.69, 9.17) is 22.1 Å². The first-order valence-corrected chi connectivity index (χ1v) is 5.95. The molecule has 3 nitrogen and oxygen atoms in total. The highest BCUT2D eigenvalue weighted by atomic mass is 35.5. The predicted molar refractivity (Wildman–Crippen MR) is 67.4 cm³/mol. The maximum atomic E-state index is 5.99. The van der Waals surface area contributed by atoms with Crippen molar-refractivity contribution in [2.24, 2.45) is 5.73 Å². The van der Waals surface area contributed by atoms with E-state index >= 15 is 0 Å². The maximum Gasteiger partial charge on any atom is 0.142 e. The average Bonchev–Trinajstić information content (AvgIpc) is 2.29. The number of rotatable bonds is 3. The van der Waals surface area contributed by atoms with Gasteiger partial charge in [-0.25, -0.2) is 0 Å². The molecule has 2 N–H and O–H groups in total. The number of hydrogen-bond acceptors (Lipinski definition) is 3. The zero-order valence-electron chi connectivity index (χ0n) is 9.45. The van der Waals surface area contributed by atoms with Crippen LogP contribution in [0.4, 0.5) is 5.69 Å². The normalized spacial score (nSPS) is 19.2. The highest BCUT2D eigenvalue weighted by molar-refractivity contribution is 6.30. The number of anilines is 1. The number of ether oxygens (including phenoxy) is 1. The first kappa shape index (κ1) is 11.6. The first-order valence-electron chi connectivity index (χ1n) is 5.57. The van der Waals surface area contributed by atoms with Gasteiger partial charge in [-0.2, -0.15) is 0 Å². The molecule has 1 unspecified atom stereocenters. The molecule has 0 bridgehead atoms. The van der Waals surface area contributed by atoms with Gasteiger partial charge in [0.05, 0.1) is 11.7 Å². The Hall–Kier alpha value is -0.930. The molecule has 1 heterocycles. The lowest BCUT2D eigenvalue weighted by Crippen LogP contribution is -2.40. The van der Waals surface area contributed by atoms with Crippen LogP contribution in [0.1, 0.15) is 12.8 Å². The molecule has 0 aliphatic carbocycles. The fourth-order valence-corrected chi connectivity index (χ4v) is 2.18. The summed E-state index contributed by atoms with van der Waals surface area (Å²) in [6, 6.07) is 6.13. The van der Waals surface area contributed by atoms with Gasteiger partial charge >= 0.3 is 0 Å². The van der Waals surface area contributed by atoms with E-state index < -0.39 is 0 Å². The summed E-state index contributed by atoms with van der Waals surface area (Å²) in [5.74, 6) is 0.913. The van der Waals surface area contributed by atoms with Crippen molar-refractivity contribution < 1.29 is 4.74 Å².